The van der Waals surface area contributed by atoms with Gasteiger partial charge in [-0.15, -0.1) is 0 Å². The number of aromatic nitrogens is 2. The van der Waals surface area contributed by atoms with Crippen molar-refractivity contribution in [2.24, 2.45) is 13.0 Å². The van der Waals surface area contributed by atoms with E-state index in [-0.39, 0.29) is 0 Å². The minimum Gasteiger partial charge on any atom is -0.370 e. The molecule has 1 aliphatic rings. The smallest absolute Gasteiger partial charge is 0.101 e. The number of benzene rings is 1. The second-order valence-corrected chi connectivity index (χ2v) is 7.03. The zero-order valence-corrected chi connectivity index (χ0v) is 15.4. The first-order chi connectivity index (χ1) is 12.1. The Hall–Kier alpha value is -2.32. The number of anilines is 1. The first-order valence-electron chi connectivity index (χ1n) is 9.06. The summed E-state index contributed by atoms with van der Waals surface area (Å²) in [4.78, 5) is 2.35. The Morgan fingerprint density at radius 3 is 2.68 bits per heavy atom. The van der Waals surface area contributed by atoms with Crippen LogP contribution in [-0.2, 0) is 7.05 Å². The molecule has 0 aliphatic carbocycles. The molecule has 132 valence electrons. The van der Waals surface area contributed by atoms with Crippen molar-refractivity contribution in [3.05, 3.63) is 47.3 Å². The van der Waals surface area contributed by atoms with Gasteiger partial charge in [0, 0.05) is 37.9 Å². The summed E-state index contributed by atoms with van der Waals surface area (Å²) < 4.78 is 1.88. The molecule has 0 amide bonds. The minimum absolute atomic E-state index is 0.325. The van der Waals surface area contributed by atoms with Crippen molar-refractivity contribution in [2.75, 3.05) is 24.5 Å². The average Bonchev–Trinajstić information content (AvgIpc) is 2.98. The molecule has 2 heterocycles. The Kier molecular flexibility index (Phi) is 5.40. The highest BCUT2D eigenvalue weighted by atomic mass is 15.3. The van der Waals surface area contributed by atoms with Crippen molar-refractivity contribution in [2.45, 2.75) is 32.7 Å². The van der Waals surface area contributed by atoms with Crippen LogP contribution < -0.4 is 10.2 Å². The molecule has 1 atom stereocenters. The van der Waals surface area contributed by atoms with Crippen LogP contribution in [0.2, 0.25) is 0 Å². The van der Waals surface area contributed by atoms with E-state index in [9.17, 15) is 5.26 Å². The molecule has 1 fully saturated rings. The third kappa shape index (κ3) is 4.02. The van der Waals surface area contributed by atoms with Crippen LogP contribution >= 0.6 is 0 Å². The molecule has 5 nitrogen and oxygen atoms in total. The molecule has 1 saturated heterocycles. The van der Waals surface area contributed by atoms with Crippen LogP contribution in [0, 0.1) is 24.2 Å². The fourth-order valence-electron chi connectivity index (χ4n) is 3.72. The second kappa shape index (κ2) is 7.71. The van der Waals surface area contributed by atoms with Gasteiger partial charge >= 0.3 is 0 Å². The predicted octanol–water partition coefficient (Wildman–Crippen LogP) is 3.17. The van der Waals surface area contributed by atoms with Gasteiger partial charge in [0.25, 0.3) is 0 Å². The van der Waals surface area contributed by atoms with Gasteiger partial charge in [0.15, 0.2) is 0 Å². The number of nitrogens with one attached hydrogen (secondary N) is 1. The maximum atomic E-state index is 9.29. The Morgan fingerprint density at radius 1 is 1.32 bits per heavy atom. The van der Waals surface area contributed by atoms with E-state index in [0.717, 1.165) is 49.4 Å². The molecule has 1 N–H and O–H groups in total. The fraction of sp³-hybridized carbons (Fsp3) is 0.500. The molecule has 1 aromatic heterocycles. The molecule has 2 aromatic rings. The van der Waals surface area contributed by atoms with Gasteiger partial charge in [0.2, 0.25) is 0 Å². The molecule has 1 aromatic carbocycles. The zero-order valence-electron chi connectivity index (χ0n) is 15.4. The van der Waals surface area contributed by atoms with Gasteiger partial charge in [-0.05, 0) is 51.3 Å². The van der Waals surface area contributed by atoms with Crippen LogP contribution in [0.15, 0.2) is 30.5 Å². The standard InChI is InChI=1S/C20H27N5/c1-15(19-14-24(3)23-16(19)2)22-13-17-8-10-25(11-9-17)20-7-5-4-6-18(20)12-21/h4-7,14-15,17,22H,8-11,13H2,1-3H3. The number of hydrogen-bond donors (Lipinski definition) is 1. The summed E-state index contributed by atoms with van der Waals surface area (Å²) in [6.45, 7) is 7.35. The van der Waals surface area contributed by atoms with E-state index in [1.807, 2.05) is 29.9 Å². The molecule has 0 bridgehead atoms. The van der Waals surface area contributed by atoms with Crippen molar-refractivity contribution in [3.8, 4) is 6.07 Å². The summed E-state index contributed by atoms with van der Waals surface area (Å²) in [6.07, 6.45) is 4.42. The van der Waals surface area contributed by atoms with E-state index in [1.165, 1.54) is 5.56 Å². The normalized spacial score (nSPS) is 16.6. The summed E-state index contributed by atoms with van der Waals surface area (Å²) in [5, 5.41) is 17.4. The summed E-state index contributed by atoms with van der Waals surface area (Å²) >= 11 is 0. The Morgan fingerprint density at radius 2 is 2.04 bits per heavy atom. The summed E-state index contributed by atoms with van der Waals surface area (Å²) in [5.74, 6) is 0.685. The van der Waals surface area contributed by atoms with Crippen LogP contribution in [0.4, 0.5) is 5.69 Å². The highest BCUT2D eigenvalue weighted by Crippen LogP contribution is 2.26. The Labute approximate surface area is 150 Å². The van der Waals surface area contributed by atoms with Gasteiger partial charge in [0.05, 0.1) is 16.9 Å². The minimum atomic E-state index is 0.325. The van der Waals surface area contributed by atoms with Crippen LogP contribution in [-0.4, -0.2) is 29.4 Å². The predicted molar refractivity (Wildman–Crippen MR) is 100 cm³/mol. The highest BCUT2D eigenvalue weighted by molar-refractivity contribution is 5.59. The molecule has 0 saturated carbocycles. The Bertz CT molecular complexity index is 750. The van der Waals surface area contributed by atoms with Crippen LogP contribution in [0.1, 0.15) is 42.6 Å². The second-order valence-electron chi connectivity index (χ2n) is 7.03. The lowest BCUT2D eigenvalue weighted by atomic mass is 9.95. The fourth-order valence-corrected chi connectivity index (χ4v) is 3.72. The van der Waals surface area contributed by atoms with Gasteiger partial charge in [0.1, 0.15) is 6.07 Å². The molecule has 0 radical (unpaired) electrons. The van der Waals surface area contributed by atoms with Gasteiger partial charge in [-0.1, -0.05) is 12.1 Å². The van der Waals surface area contributed by atoms with Crippen LogP contribution in [0.3, 0.4) is 0 Å². The van der Waals surface area contributed by atoms with E-state index in [4.69, 9.17) is 0 Å². The number of piperidine rings is 1. The third-order valence-electron chi connectivity index (χ3n) is 5.21. The van der Waals surface area contributed by atoms with Crippen molar-refractivity contribution in [1.82, 2.24) is 15.1 Å². The molecule has 3 rings (SSSR count). The van der Waals surface area contributed by atoms with Gasteiger partial charge < -0.3 is 10.2 Å². The first kappa shape index (κ1) is 17.5. The molecule has 25 heavy (non-hydrogen) atoms. The lowest BCUT2D eigenvalue weighted by molar-refractivity contribution is 0.367. The number of nitriles is 1. The topological polar surface area (TPSA) is 56.9 Å². The monoisotopic (exact) mass is 337 g/mol. The van der Waals surface area contributed by atoms with Crippen molar-refractivity contribution < 1.29 is 0 Å². The Balaban J connectivity index is 1.51. The summed E-state index contributed by atoms with van der Waals surface area (Å²) in [5.41, 5.74) is 4.24. The van der Waals surface area contributed by atoms with Crippen molar-refractivity contribution in [1.29, 1.82) is 5.26 Å². The SMILES string of the molecule is Cc1nn(C)cc1C(C)NCC1CCN(c2ccccc2C#N)CC1. The van der Waals surface area contributed by atoms with Gasteiger partial charge in [-0.25, -0.2) is 0 Å². The molecular formula is C20H27N5. The van der Waals surface area contributed by atoms with E-state index in [0.29, 0.717) is 12.0 Å². The number of hydrogen-bond acceptors (Lipinski definition) is 4. The van der Waals surface area contributed by atoms with E-state index in [2.05, 4.69) is 47.5 Å². The number of para-hydroxylation sites is 1. The van der Waals surface area contributed by atoms with E-state index >= 15 is 0 Å². The lowest BCUT2D eigenvalue weighted by Gasteiger charge is -2.34. The quantitative estimate of drug-likeness (QED) is 0.910. The van der Waals surface area contributed by atoms with Crippen LogP contribution in [0.5, 0.6) is 0 Å². The molecule has 0 spiro atoms. The largest absolute Gasteiger partial charge is 0.370 e. The molecule has 1 aliphatic heterocycles. The molecular weight excluding hydrogens is 310 g/mol. The average molecular weight is 337 g/mol. The van der Waals surface area contributed by atoms with Gasteiger partial charge in [-0.2, -0.15) is 10.4 Å². The van der Waals surface area contributed by atoms with Crippen molar-refractivity contribution in [3.63, 3.8) is 0 Å². The summed E-state index contributed by atoms with van der Waals surface area (Å²) in [6, 6.07) is 10.5. The maximum Gasteiger partial charge on any atom is 0.101 e. The van der Waals surface area contributed by atoms with Gasteiger partial charge in [-0.3, -0.25) is 4.68 Å². The molecule has 1 unspecified atom stereocenters. The number of rotatable bonds is 5. The maximum absolute atomic E-state index is 9.29. The third-order valence-corrected chi connectivity index (χ3v) is 5.21. The van der Waals surface area contributed by atoms with Crippen LogP contribution in [0.25, 0.3) is 0 Å². The highest BCUT2D eigenvalue weighted by Gasteiger charge is 2.22. The van der Waals surface area contributed by atoms with E-state index in [1.54, 1.807) is 0 Å². The lowest BCUT2D eigenvalue weighted by Crippen LogP contribution is -2.38. The number of nitrogens with zero attached hydrogens (tertiary/aromatic N) is 4. The van der Waals surface area contributed by atoms with E-state index < -0.39 is 0 Å². The number of aryl methyl sites for hydroxylation is 2. The summed E-state index contributed by atoms with van der Waals surface area (Å²) in [7, 11) is 1.97. The van der Waals surface area contributed by atoms with Crippen molar-refractivity contribution >= 4 is 5.69 Å². The first-order valence-corrected chi connectivity index (χ1v) is 9.06. The zero-order chi connectivity index (χ0) is 17.8. The molecule has 5 heteroatoms.